The molecular formula is C35H41Cl2N3O. The third-order valence-corrected chi connectivity index (χ3v) is 9.22. The van der Waals surface area contributed by atoms with E-state index in [1.54, 1.807) is 0 Å². The number of anilines is 1. The highest BCUT2D eigenvalue weighted by Crippen LogP contribution is 2.31. The minimum atomic E-state index is 0.132. The van der Waals surface area contributed by atoms with Crippen molar-refractivity contribution in [3.8, 4) is 0 Å². The van der Waals surface area contributed by atoms with Crippen LogP contribution in [0.5, 0.6) is 0 Å². The zero-order chi connectivity index (χ0) is 28.6. The molecule has 1 saturated heterocycles. The molecular weight excluding hydrogens is 549 g/mol. The fraction of sp³-hybridized carbons (Fsp3) is 0.400. The van der Waals surface area contributed by atoms with E-state index in [1.165, 1.54) is 30.4 Å². The van der Waals surface area contributed by atoms with Gasteiger partial charge >= 0.3 is 0 Å². The summed E-state index contributed by atoms with van der Waals surface area (Å²) in [4.78, 5) is 20.6. The van der Waals surface area contributed by atoms with Gasteiger partial charge in [0.05, 0.1) is 0 Å². The summed E-state index contributed by atoms with van der Waals surface area (Å²) in [5, 5.41) is 1.51. The number of amides is 1. The maximum absolute atomic E-state index is 13.6. The number of halogens is 2. The van der Waals surface area contributed by atoms with Gasteiger partial charge in [0, 0.05) is 66.0 Å². The predicted octanol–water partition coefficient (Wildman–Crippen LogP) is 8.30. The minimum Gasteiger partial charge on any atom is -0.369 e. The van der Waals surface area contributed by atoms with Crippen LogP contribution in [0, 0.1) is 0 Å². The lowest BCUT2D eigenvalue weighted by atomic mass is 9.88. The van der Waals surface area contributed by atoms with Gasteiger partial charge in [0.25, 0.3) is 5.91 Å². The van der Waals surface area contributed by atoms with E-state index in [0.29, 0.717) is 12.6 Å². The molecule has 1 aliphatic heterocycles. The molecule has 1 saturated carbocycles. The molecule has 0 N–H and O–H groups in total. The highest BCUT2D eigenvalue weighted by molar-refractivity contribution is 6.30. The minimum absolute atomic E-state index is 0.132. The molecule has 1 amide bonds. The molecule has 3 aromatic rings. The lowest BCUT2D eigenvalue weighted by Crippen LogP contribution is -2.47. The molecule has 4 nitrogen and oxygen atoms in total. The number of rotatable bonds is 10. The van der Waals surface area contributed by atoms with Gasteiger partial charge < -0.3 is 9.80 Å². The molecule has 2 aliphatic rings. The fourth-order valence-corrected chi connectivity index (χ4v) is 6.64. The summed E-state index contributed by atoms with van der Waals surface area (Å²) < 4.78 is 0. The Labute approximate surface area is 255 Å². The molecule has 0 bridgehead atoms. The molecule has 1 heterocycles. The van der Waals surface area contributed by atoms with Crippen molar-refractivity contribution in [1.82, 2.24) is 9.80 Å². The Morgan fingerprint density at radius 2 is 1.49 bits per heavy atom. The van der Waals surface area contributed by atoms with Crippen molar-refractivity contribution in [2.45, 2.75) is 50.5 Å². The van der Waals surface area contributed by atoms with Crippen molar-refractivity contribution in [1.29, 1.82) is 0 Å². The van der Waals surface area contributed by atoms with Crippen LogP contribution in [0.3, 0.4) is 0 Å². The van der Waals surface area contributed by atoms with Crippen molar-refractivity contribution in [2.75, 3.05) is 44.2 Å². The summed E-state index contributed by atoms with van der Waals surface area (Å²) in [6.45, 7) is 9.43. The Kier molecular flexibility index (Phi) is 10.4. The Morgan fingerprint density at radius 3 is 2.07 bits per heavy atom. The van der Waals surface area contributed by atoms with Crippen LogP contribution < -0.4 is 4.90 Å². The number of hydrogen-bond acceptors (Lipinski definition) is 3. The maximum Gasteiger partial charge on any atom is 0.254 e. The number of nitrogens with zero attached hydrogens (tertiary/aromatic N) is 3. The van der Waals surface area contributed by atoms with Crippen molar-refractivity contribution in [3.05, 3.63) is 112 Å². The molecule has 5 rings (SSSR count). The van der Waals surface area contributed by atoms with Crippen LogP contribution in [0.2, 0.25) is 10.0 Å². The van der Waals surface area contributed by atoms with E-state index in [2.05, 4.69) is 52.8 Å². The van der Waals surface area contributed by atoms with Crippen LogP contribution in [-0.4, -0.2) is 61.0 Å². The van der Waals surface area contributed by atoms with Crippen LogP contribution in [0.15, 0.2) is 85.5 Å². The summed E-state index contributed by atoms with van der Waals surface area (Å²) in [7, 11) is 0. The largest absolute Gasteiger partial charge is 0.369 e. The van der Waals surface area contributed by atoms with Crippen molar-refractivity contribution < 1.29 is 4.79 Å². The first-order valence-corrected chi connectivity index (χ1v) is 15.8. The van der Waals surface area contributed by atoms with Crippen LogP contribution in [0.1, 0.15) is 65.9 Å². The standard InChI is InChI=1S/C35H41Cl2N3O/c1-2-20-40(32-8-4-3-5-9-32)35(41)29-7-6-10-33(26-29)39-24-22-38(23-25-39)21-19-34(27-11-15-30(36)16-12-27)28-13-17-31(37)18-14-28/h2,6-7,10-18,26,32,34H,1,3-5,8-9,19-25H2. The zero-order valence-corrected chi connectivity index (χ0v) is 25.4. The molecule has 1 aliphatic carbocycles. The Balaban J connectivity index is 1.20. The number of carbonyl (C=O) groups is 1. The Bertz CT molecular complexity index is 1230. The molecule has 0 aromatic heterocycles. The van der Waals surface area contributed by atoms with Crippen molar-refractivity contribution in [3.63, 3.8) is 0 Å². The second kappa shape index (κ2) is 14.4. The zero-order valence-electron chi connectivity index (χ0n) is 23.9. The van der Waals surface area contributed by atoms with Gasteiger partial charge in [0.15, 0.2) is 0 Å². The molecule has 0 spiro atoms. The average Bonchev–Trinajstić information content (AvgIpc) is 3.02. The maximum atomic E-state index is 13.6. The van der Waals surface area contributed by atoms with Crippen molar-refractivity contribution >= 4 is 34.8 Å². The number of benzene rings is 3. The van der Waals surface area contributed by atoms with Gasteiger partial charge in [-0.3, -0.25) is 9.69 Å². The van der Waals surface area contributed by atoms with Crippen LogP contribution in [-0.2, 0) is 0 Å². The van der Waals surface area contributed by atoms with Crippen LogP contribution in [0.4, 0.5) is 5.69 Å². The van der Waals surface area contributed by atoms with E-state index >= 15 is 0 Å². The van der Waals surface area contributed by atoms with E-state index in [4.69, 9.17) is 23.2 Å². The first-order valence-electron chi connectivity index (χ1n) is 15.0. The molecule has 216 valence electrons. The van der Waals surface area contributed by atoms with Gasteiger partial charge in [0.2, 0.25) is 0 Å². The number of carbonyl (C=O) groups excluding carboxylic acids is 1. The van der Waals surface area contributed by atoms with E-state index in [0.717, 1.165) is 73.3 Å². The monoisotopic (exact) mass is 589 g/mol. The predicted molar refractivity (Wildman–Crippen MR) is 173 cm³/mol. The van der Waals surface area contributed by atoms with Gasteiger partial charge in [-0.25, -0.2) is 0 Å². The second-order valence-corrected chi connectivity index (χ2v) is 12.2. The lowest BCUT2D eigenvalue weighted by Gasteiger charge is -2.37. The van der Waals surface area contributed by atoms with E-state index in [9.17, 15) is 4.79 Å². The smallest absolute Gasteiger partial charge is 0.254 e. The molecule has 2 fully saturated rings. The van der Waals surface area contributed by atoms with Gasteiger partial charge in [-0.15, -0.1) is 6.58 Å². The first kappa shape index (κ1) is 29.7. The third kappa shape index (κ3) is 7.74. The summed E-state index contributed by atoms with van der Waals surface area (Å²) in [6.07, 6.45) is 8.76. The van der Waals surface area contributed by atoms with Crippen LogP contribution in [0.25, 0.3) is 0 Å². The topological polar surface area (TPSA) is 26.8 Å². The SMILES string of the molecule is C=CCN(C(=O)c1cccc(N2CCN(CCC(c3ccc(Cl)cc3)c3ccc(Cl)cc3)CC2)c1)C1CCCCC1. The van der Waals surface area contributed by atoms with E-state index in [1.807, 2.05) is 47.4 Å². The van der Waals surface area contributed by atoms with Crippen LogP contribution >= 0.6 is 23.2 Å². The normalized spacial score (nSPS) is 16.6. The quantitative estimate of drug-likeness (QED) is 0.222. The summed E-state index contributed by atoms with van der Waals surface area (Å²) >= 11 is 12.4. The molecule has 0 atom stereocenters. The molecule has 0 unspecified atom stereocenters. The summed E-state index contributed by atoms with van der Waals surface area (Å²) in [5.41, 5.74) is 4.47. The van der Waals surface area contributed by atoms with Gasteiger partial charge in [-0.1, -0.05) is 78.9 Å². The van der Waals surface area contributed by atoms with Crippen molar-refractivity contribution in [2.24, 2.45) is 0 Å². The highest BCUT2D eigenvalue weighted by Gasteiger charge is 2.26. The Hall–Kier alpha value is -2.79. The number of piperazine rings is 1. The molecule has 41 heavy (non-hydrogen) atoms. The van der Waals surface area contributed by atoms with Gasteiger partial charge in [-0.2, -0.15) is 0 Å². The summed E-state index contributed by atoms with van der Waals surface area (Å²) in [6, 6.07) is 25.0. The Morgan fingerprint density at radius 1 is 0.878 bits per heavy atom. The van der Waals surface area contributed by atoms with E-state index in [-0.39, 0.29) is 11.8 Å². The van der Waals surface area contributed by atoms with Gasteiger partial charge in [0.1, 0.15) is 0 Å². The third-order valence-electron chi connectivity index (χ3n) is 8.71. The average molecular weight is 591 g/mol. The number of hydrogen-bond donors (Lipinski definition) is 0. The molecule has 6 heteroatoms. The lowest BCUT2D eigenvalue weighted by molar-refractivity contribution is 0.0663. The fourth-order valence-electron chi connectivity index (χ4n) is 6.39. The first-order chi connectivity index (χ1) is 20.0. The summed E-state index contributed by atoms with van der Waals surface area (Å²) in [5.74, 6) is 0.417. The van der Waals surface area contributed by atoms with Gasteiger partial charge in [-0.05, 0) is 79.4 Å². The highest BCUT2D eigenvalue weighted by atomic mass is 35.5. The molecule has 3 aromatic carbocycles. The van der Waals surface area contributed by atoms with E-state index < -0.39 is 0 Å². The second-order valence-electron chi connectivity index (χ2n) is 11.4. The molecule has 0 radical (unpaired) electrons.